The lowest BCUT2D eigenvalue weighted by Crippen LogP contribution is -2.34. The minimum absolute atomic E-state index is 0.279. The van der Waals surface area contributed by atoms with Crippen LogP contribution in [0.15, 0.2) is 18.3 Å². The molecular formula is C14H17F3N2O2. The van der Waals surface area contributed by atoms with E-state index >= 15 is 0 Å². The first kappa shape index (κ1) is 15.6. The number of alkyl halides is 3. The fourth-order valence-corrected chi connectivity index (χ4v) is 2.61. The zero-order valence-corrected chi connectivity index (χ0v) is 11.4. The molecule has 0 amide bonds. The topological polar surface area (TPSA) is 62.2 Å². The van der Waals surface area contributed by atoms with Gasteiger partial charge in [-0.15, -0.1) is 0 Å². The molecule has 1 aromatic heterocycles. The summed E-state index contributed by atoms with van der Waals surface area (Å²) in [6, 6.07) is 1.89. The number of hydrogen-bond acceptors (Lipinski definition) is 3. The van der Waals surface area contributed by atoms with Gasteiger partial charge in [0.05, 0.1) is 11.5 Å². The smallest absolute Gasteiger partial charge is 0.417 e. The molecular weight excluding hydrogens is 285 g/mol. The van der Waals surface area contributed by atoms with E-state index in [2.05, 4.69) is 10.3 Å². The normalized spacial score (nSPS) is 23.4. The minimum atomic E-state index is -4.42. The summed E-state index contributed by atoms with van der Waals surface area (Å²) in [4.78, 5) is 15.0. The van der Waals surface area contributed by atoms with Crippen LogP contribution in [0.4, 0.5) is 19.0 Å². The highest BCUT2D eigenvalue weighted by atomic mass is 19.4. The van der Waals surface area contributed by atoms with E-state index in [1.54, 1.807) is 0 Å². The van der Waals surface area contributed by atoms with Gasteiger partial charge >= 0.3 is 12.1 Å². The van der Waals surface area contributed by atoms with E-state index in [1.165, 1.54) is 6.07 Å². The van der Waals surface area contributed by atoms with Crippen LogP contribution < -0.4 is 5.32 Å². The maximum atomic E-state index is 12.5. The Morgan fingerprint density at radius 1 is 1.24 bits per heavy atom. The molecule has 4 nitrogen and oxygen atoms in total. The van der Waals surface area contributed by atoms with Gasteiger partial charge in [-0.1, -0.05) is 19.3 Å². The lowest BCUT2D eigenvalue weighted by molar-refractivity contribution is -0.142. The average molecular weight is 302 g/mol. The molecule has 2 rings (SSSR count). The lowest BCUT2D eigenvalue weighted by Gasteiger charge is -2.23. The molecule has 1 heterocycles. The fraction of sp³-hybridized carbons (Fsp3) is 0.571. The molecule has 0 aromatic carbocycles. The first-order valence-corrected chi connectivity index (χ1v) is 6.90. The maximum Gasteiger partial charge on any atom is 0.417 e. The monoisotopic (exact) mass is 302 g/mol. The van der Waals surface area contributed by atoms with Gasteiger partial charge in [0.1, 0.15) is 5.82 Å². The van der Waals surface area contributed by atoms with Crippen molar-refractivity contribution in [1.82, 2.24) is 4.98 Å². The zero-order chi connectivity index (χ0) is 15.5. The van der Waals surface area contributed by atoms with Crippen molar-refractivity contribution in [3.05, 3.63) is 23.9 Å². The van der Waals surface area contributed by atoms with E-state index in [1.807, 2.05) is 0 Å². The van der Waals surface area contributed by atoms with E-state index in [0.717, 1.165) is 31.5 Å². The Morgan fingerprint density at radius 3 is 2.52 bits per heavy atom. The van der Waals surface area contributed by atoms with Crippen LogP contribution in [-0.4, -0.2) is 22.1 Å². The molecule has 7 heteroatoms. The van der Waals surface area contributed by atoms with Crippen molar-refractivity contribution in [3.63, 3.8) is 0 Å². The van der Waals surface area contributed by atoms with Crippen molar-refractivity contribution in [3.8, 4) is 0 Å². The first-order chi connectivity index (χ1) is 9.88. The van der Waals surface area contributed by atoms with Crippen molar-refractivity contribution in [2.24, 2.45) is 5.92 Å². The van der Waals surface area contributed by atoms with E-state index in [9.17, 15) is 23.1 Å². The molecule has 1 fully saturated rings. The average Bonchev–Trinajstić information content (AvgIpc) is 2.64. The Bertz CT molecular complexity index is 488. The van der Waals surface area contributed by atoms with Crippen molar-refractivity contribution >= 4 is 11.8 Å². The quantitative estimate of drug-likeness (QED) is 0.838. The van der Waals surface area contributed by atoms with Gasteiger partial charge < -0.3 is 10.4 Å². The number of carbonyl (C=O) groups is 1. The van der Waals surface area contributed by atoms with Crippen molar-refractivity contribution in [2.45, 2.75) is 44.3 Å². The van der Waals surface area contributed by atoms with Crippen LogP contribution in [0.2, 0.25) is 0 Å². The molecule has 116 valence electrons. The number of anilines is 1. The Morgan fingerprint density at radius 2 is 1.95 bits per heavy atom. The Hall–Kier alpha value is -1.79. The molecule has 2 atom stereocenters. The number of pyridine rings is 1. The van der Waals surface area contributed by atoms with E-state index < -0.39 is 23.6 Å². The summed E-state index contributed by atoms with van der Waals surface area (Å²) in [6.45, 7) is 0. The minimum Gasteiger partial charge on any atom is -0.481 e. The Kier molecular flexibility index (Phi) is 4.69. The lowest BCUT2D eigenvalue weighted by atomic mass is 9.95. The largest absolute Gasteiger partial charge is 0.481 e. The number of hydrogen-bond donors (Lipinski definition) is 2. The van der Waals surface area contributed by atoms with Crippen LogP contribution in [0.5, 0.6) is 0 Å². The summed E-state index contributed by atoms with van der Waals surface area (Å²) in [5.74, 6) is -1.13. The Labute approximate surface area is 120 Å². The maximum absolute atomic E-state index is 12.5. The molecule has 0 saturated heterocycles. The number of aromatic nitrogens is 1. The summed E-state index contributed by atoms with van der Waals surface area (Å²) >= 11 is 0. The molecule has 0 bridgehead atoms. The number of carboxylic acids is 1. The van der Waals surface area contributed by atoms with Crippen LogP contribution in [0.3, 0.4) is 0 Å². The van der Waals surface area contributed by atoms with Crippen LogP contribution in [0.1, 0.15) is 37.7 Å². The standard InChI is InChI=1S/C14H17F3N2O2/c15-14(16,17)9-6-7-12(18-8-9)19-11-5-3-1-2-4-10(11)13(20)21/h6-8,10-11H,1-5H2,(H,18,19)(H,20,21). The van der Waals surface area contributed by atoms with Crippen molar-refractivity contribution < 1.29 is 23.1 Å². The Balaban J connectivity index is 2.09. The van der Waals surface area contributed by atoms with Gasteiger partial charge in [-0.05, 0) is 25.0 Å². The highest BCUT2D eigenvalue weighted by molar-refractivity contribution is 5.71. The van der Waals surface area contributed by atoms with Gasteiger partial charge in [0, 0.05) is 12.2 Å². The third-order valence-corrected chi connectivity index (χ3v) is 3.76. The second kappa shape index (κ2) is 6.32. The van der Waals surface area contributed by atoms with Gasteiger partial charge in [0.15, 0.2) is 0 Å². The highest BCUT2D eigenvalue weighted by Gasteiger charge is 2.32. The second-order valence-corrected chi connectivity index (χ2v) is 5.26. The predicted molar refractivity (Wildman–Crippen MR) is 70.9 cm³/mol. The zero-order valence-electron chi connectivity index (χ0n) is 11.4. The molecule has 1 aromatic rings. The third kappa shape index (κ3) is 4.09. The number of carboxylic acid groups (broad SMARTS) is 1. The summed E-state index contributed by atoms with van der Waals surface area (Å²) in [6.07, 6.45) is 0.333. The summed E-state index contributed by atoms with van der Waals surface area (Å²) in [7, 11) is 0. The molecule has 0 spiro atoms. The number of nitrogens with one attached hydrogen (secondary N) is 1. The second-order valence-electron chi connectivity index (χ2n) is 5.26. The van der Waals surface area contributed by atoms with Crippen LogP contribution in [-0.2, 0) is 11.0 Å². The molecule has 1 aliphatic carbocycles. The van der Waals surface area contributed by atoms with Gasteiger partial charge in [0.2, 0.25) is 0 Å². The van der Waals surface area contributed by atoms with Gasteiger partial charge in [-0.25, -0.2) is 4.98 Å². The number of aliphatic carboxylic acids is 1. The number of halogens is 3. The summed E-state index contributed by atoms with van der Waals surface area (Å²) in [5, 5.41) is 12.2. The van der Waals surface area contributed by atoms with Gasteiger partial charge in [0.25, 0.3) is 0 Å². The predicted octanol–water partition coefficient (Wildman–Crippen LogP) is 3.55. The SMILES string of the molecule is O=C(O)C1CCCCCC1Nc1ccc(C(F)(F)F)cn1. The van der Waals surface area contributed by atoms with E-state index in [-0.39, 0.29) is 11.9 Å². The van der Waals surface area contributed by atoms with Crippen molar-refractivity contribution in [1.29, 1.82) is 0 Å². The summed E-state index contributed by atoms with van der Waals surface area (Å²) in [5.41, 5.74) is -0.816. The fourth-order valence-electron chi connectivity index (χ4n) is 2.61. The molecule has 0 aliphatic heterocycles. The first-order valence-electron chi connectivity index (χ1n) is 6.90. The van der Waals surface area contributed by atoms with E-state index in [0.29, 0.717) is 12.8 Å². The molecule has 2 unspecified atom stereocenters. The highest BCUT2D eigenvalue weighted by Crippen LogP contribution is 2.30. The van der Waals surface area contributed by atoms with Crippen LogP contribution in [0, 0.1) is 5.92 Å². The molecule has 2 N–H and O–H groups in total. The molecule has 0 radical (unpaired) electrons. The number of nitrogens with zero attached hydrogens (tertiary/aromatic N) is 1. The van der Waals surface area contributed by atoms with Gasteiger partial charge in [-0.3, -0.25) is 4.79 Å². The molecule has 1 aliphatic rings. The molecule has 21 heavy (non-hydrogen) atoms. The van der Waals surface area contributed by atoms with E-state index in [4.69, 9.17) is 0 Å². The third-order valence-electron chi connectivity index (χ3n) is 3.76. The van der Waals surface area contributed by atoms with Crippen LogP contribution in [0.25, 0.3) is 0 Å². The van der Waals surface area contributed by atoms with Crippen molar-refractivity contribution in [2.75, 3.05) is 5.32 Å². The molecule has 1 saturated carbocycles. The van der Waals surface area contributed by atoms with Crippen LogP contribution >= 0.6 is 0 Å². The number of rotatable bonds is 3. The van der Waals surface area contributed by atoms with Gasteiger partial charge in [-0.2, -0.15) is 13.2 Å². The summed E-state index contributed by atoms with van der Waals surface area (Å²) < 4.78 is 37.4.